The highest BCUT2D eigenvalue weighted by Gasteiger charge is 2.25. The molecular weight excluding hydrogens is 312 g/mol. The highest BCUT2D eigenvalue weighted by atomic mass is 16.2. The summed E-state index contributed by atoms with van der Waals surface area (Å²) in [6.45, 7) is 5.45. The second kappa shape index (κ2) is 7.82. The second-order valence-electron chi connectivity index (χ2n) is 6.22. The van der Waals surface area contributed by atoms with E-state index in [0.717, 1.165) is 26.2 Å². The zero-order valence-corrected chi connectivity index (χ0v) is 14.4. The van der Waals surface area contributed by atoms with E-state index in [9.17, 15) is 4.79 Å². The monoisotopic (exact) mass is 334 g/mol. The van der Waals surface area contributed by atoms with Gasteiger partial charge in [0, 0.05) is 37.6 Å². The third kappa shape index (κ3) is 4.17. The Hall–Kier alpha value is -2.84. The molecule has 1 heterocycles. The number of hydrogen-bond acceptors (Lipinski definition) is 4. The smallest absolute Gasteiger partial charge is 0.241 e. The van der Waals surface area contributed by atoms with Crippen molar-refractivity contribution in [2.75, 3.05) is 36.4 Å². The van der Waals surface area contributed by atoms with Gasteiger partial charge in [-0.15, -0.1) is 0 Å². The summed E-state index contributed by atoms with van der Waals surface area (Å²) in [7, 11) is 0. The molecule has 128 valence electrons. The predicted molar refractivity (Wildman–Crippen MR) is 99.5 cm³/mol. The summed E-state index contributed by atoms with van der Waals surface area (Å²) in [5.41, 5.74) is 2.44. The number of rotatable bonds is 4. The van der Waals surface area contributed by atoms with Crippen LogP contribution in [-0.4, -0.2) is 43.0 Å². The van der Waals surface area contributed by atoms with E-state index in [4.69, 9.17) is 5.26 Å². The third-order valence-electron chi connectivity index (χ3n) is 4.62. The van der Waals surface area contributed by atoms with E-state index in [2.05, 4.69) is 33.3 Å². The topological polar surface area (TPSA) is 59.4 Å². The van der Waals surface area contributed by atoms with Gasteiger partial charge < -0.3 is 10.2 Å². The summed E-state index contributed by atoms with van der Waals surface area (Å²) in [5, 5.41) is 11.9. The van der Waals surface area contributed by atoms with Gasteiger partial charge in [0.05, 0.1) is 17.7 Å². The zero-order valence-electron chi connectivity index (χ0n) is 14.4. The van der Waals surface area contributed by atoms with Gasteiger partial charge in [-0.2, -0.15) is 5.26 Å². The van der Waals surface area contributed by atoms with Crippen molar-refractivity contribution in [1.29, 1.82) is 5.26 Å². The van der Waals surface area contributed by atoms with Crippen molar-refractivity contribution in [3.05, 3.63) is 60.2 Å². The summed E-state index contributed by atoms with van der Waals surface area (Å²) in [6.07, 6.45) is 0. The van der Waals surface area contributed by atoms with E-state index >= 15 is 0 Å². The quantitative estimate of drug-likeness (QED) is 0.934. The van der Waals surface area contributed by atoms with Crippen molar-refractivity contribution in [3.8, 4) is 6.07 Å². The van der Waals surface area contributed by atoms with Crippen molar-refractivity contribution in [2.45, 2.75) is 13.0 Å². The van der Waals surface area contributed by atoms with Crippen LogP contribution in [0.25, 0.3) is 0 Å². The molecule has 0 aliphatic carbocycles. The summed E-state index contributed by atoms with van der Waals surface area (Å²) in [4.78, 5) is 17.1. The molecule has 5 nitrogen and oxygen atoms in total. The normalized spacial score (nSPS) is 16.1. The number of nitrogens with zero attached hydrogens (tertiary/aromatic N) is 3. The van der Waals surface area contributed by atoms with Crippen molar-refractivity contribution >= 4 is 17.3 Å². The molecular formula is C20H22N4O. The number of carbonyl (C=O) groups excluding carboxylic acids is 1. The molecule has 0 radical (unpaired) electrons. The minimum atomic E-state index is -0.205. The number of piperazine rings is 1. The maximum atomic E-state index is 12.5. The van der Waals surface area contributed by atoms with Crippen LogP contribution in [0.15, 0.2) is 54.6 Å². The molecule has 1 aliphatic heterocycles. The molecule has 1 atom stereocenters. The fourth-order valence-electron chi connectivity index (χ4n) is 3.09. The number of anilines is 2. The lowest BCUT2D eigenvalue weighted by molar-refractivity contribution is -0.120. The van der Waals surface area contributed by atoms with Gasteiger partial charge in [0.2, 0.25) is 5.91 Å². The molecule has 0 unspecified atom stereocenters. The average Bonchev–Trinajstić information content (AvgIpc) is 2.68. The Labute approximate surface area is 148 Å². The summed E-state index contributed by atoms with van der Waals surface area (Å²) in [6, 6.07) is 19.2. The van der Waals surface area contributed by atoms with Crippen molar-refractivity contribution in [1.82, 2.24) is 4.90 Å². The first-order valence-corrected chi connectivity index (χ1v) is 8.52. The van der Waals surface area contributed by atoms with Crippen LogP contribution in [0.4, 0.5) is 11.4 Å². The van der Waals surface area contributed by atoms with Crippen LogP contribution in [0.5, 0.6) is 0 Å². The molecule has 0 spiro atoms. The second-order valence-corrected chi connectivity index (χ2v) is 6.22. The van der Waals surface area contributed by atoms with Gasteiger partial charge in [-0.05, 0) is 37.3 Å². The molecule has 0 aromatic heterocycles. The van der Waals surface area contributed by atoms with Gasteiger partial charge in [-0.3, -0.25) is 9.69 Å². The van der Waals surface area contributed by atoms with Crippen LogP contribution in [0.3, 0.4) is 0 Å². The van der Waals surface area contributed by atoms with E-state index in [1.807, 2.05) is 25.1 Å². The standard InChI is InChI=1S/C20H22N4O/c1-16(20(25)22-18-7-5-6-17(14-18)15-21)23-10-12-24(13-11-23)19-8-3-2-4-9-19/h2-9,14,16H,10-13H2,1H3,(H,22,25)/t16-/m1/s1. The molecule has 2 aromatic carbocycles. The Balaban J connectivity index is 1.56. The first kappa shape index (κ1) is 17.0. The summed E-state index contributed by atoms with van der Waals surface area (Å²) < 4.78 is 0. The van der Waals surface area contributed by atoms with Crippen LogP contribution >= 0.6 is 0 Å². The van der Waals surface area contributed by atoms with E-state index in [-0.39, 0.29) is 11.9 Å². The first-order chi connectivity index (χ1) is 12.2. The van der Waals surface area contributed by atoms with Crippen LogP contribution < -0.4 is 10.2 Å². The maximum Gasteiger partial charge on any atom is 0.241 e. The Morgan fingerprint density at radius 3 is 2.48 bits per heavy atom. The number of carbonyl (C=O) groups is 1. The van der Waals surface area contributed by atoms with Gasteiger partial charge in [0.1, 0.15) is 0 Å². The van der Waals surface area contributed by atoms with Gasteiger partial charge in [-0.1, -0.05) is 24.3 Å². The minimum Gasteiger partial charge on any atom is -0.369 e. The number of para-hydroxylation sites is 1. The van der Waals surface area contributed by atoms with Gasteiger partial charge >= 0.3 is 0 Å². The van der Waals surface area contributed by atoms with Gasteiger partial charge in [0.15, 0.2) is 0 Å². The molecule has 1 aliphatic rings. The van der Waals surface area contributed by atoms with Crippen molar-refractivity contribution in [3.63, 3.8) is 0 Å². The summed E-state index contributed by atoms with van der Waals surface area (Å²) in [5.74, 6) is -0.0387. The SMILES string of the molecule is C[C@H](C(=O)Nc1cccc(C#N)c1)N1CCN(c2ccccc2)CC1. The molecule has 1 N–H and O–H groups in total. The number of amides is 1. The van der Waals surface area contributed by atoms with E-state index in [0.29, 0.717) is 11.3 Å². The van der Waals surface area contributed by atoms with Gasteiger partial charge in [0.25, 0.3) is 0 Å². The molecule has 0 saturated carbocycles. The minimum absolute atomic E-state index is 0.0387. The third-order valence-corrected chi connectivity index (χ3v) is 4.62. The molecule has 3 rings (SSSR count). The lowest BCUT2D eigenvalue weighted by Gasteiger charge is -2.38. The zero-order chi connectivity index (χ0) is 17.6. The average molecular weight is 334 g/mol. The molecule has 0 bridgehead atoms. The van der Waals surface area contributed by atoms with E-state index < -0.39 is 0 Å². The largest absolute Gasteiger partial charge is 0.369 e. The Bertz CT molecular complexity index is 761. The van der Waals surface area contributed by atoms with E-state index in [1.54, 1.807) is 24.3 Å². The molecule has 1 amide bonds. The Morgan fingerprint density at radius 2 is 1.80 bits per heavy atom. The van der Waals surface area contributed by atoms with Crippen LogP contribution in [-0.2, 0) is 4.79 Å². The highest BCUT2D eigenvalue weighted by molar-refractivity contribution is 5.94. The highest BCUT2D eigenvalue weighted by Crippen LogP contribution is 2.17. The first-order valence-electron chi connectivity index (χ1n) is 8.52. The van der Waals surface area contributed by atoms with Gasteiger partial charge in [-0.25, -0.2) is 0 Å². The lowest BCUT2D eigenvalue weighted by Crippen LogP contribution is -2.52. The number of benzene rings is 2. The molecule has 5 heteroatoms. The number of nitrogens with one attached hydrogen (secondary N) is 1. The van der Waals surface area contributed by atoms with Crippen LogP contribution in [0, 0.1) is 11.3 Å². The fraction of sp³-hybridized carbons (Fsp3) is 0.300. The molecule has 1 saturated heterocycles. The molecule has 1 fully saturated rings. The van der Waals surface area contributed by atoms with Crippen molar-refractivity contribution in [2.24, 2.45) is 0 Å². The van der Waals surface area contributed by atoms with E-state index in [1.165, 1.54) is 5.69 Å². The fourth-order valence-corrected chi connectivity index (χ4v) is 3.09. The number of hydrogen-bond donors (Lipinski definition) is 1. The number of nitriles is 1. The predicted octanol–water partition coefficient (Wildman–Crippen LogP) is 2.71. The Morgan fingerprint density at radius 1 is 1.08 bits per heavy atom. The maximum absolute atomic E-state index is 12.5. The lowest BCUT2D eigenvalue weighted by atomic mass is 10.1. The van der Waals surface area contributed by atoms with Crippen molar-refractivity contribution < 1.29 is 4.79 Å². The molecule has 25 heavy (non-hydrogen) atoms. The Kier molecular flexibility index (Phi) is 5.32. The van der Waals surface area contributed by atoms with Crippen LogP contribution in [0.1, 0.15) is 12.5 Å². The van der Waals surface area contributed by atoms with Crippen LogP contribution in [0.2, 0.25) is 0 Å². The molecule has 2 aromatic rings. The summed E-state index contributed by atoms with van der Waals surface area (Å²) >= 11 is 0.